The lowest BCUT2D eigenvalue weighted by atomic mass is 9.59. The van der Waals surface area contributed by atoms with E-state index in [1.165, 1.54) is 42.0 Å². The predicted octanol–water partition coefficient (Wildman–Crippen LogP) is 11.0. The number of methoxy groups -OCH3 is 2. The van der Waals surface area contributed by atoms with Crippen molar-refractivity contribution in [1.82, 2.24) is 29.5 Å². The number of aryl methyl sites for hydroxylation is 1. The van der Waals surface area contributed by atoms with E-state index < -0.39 is 26.7 Å². The first-order chi connectivity index (χ1) is 36.6. The van der Waals surface area contributed by atoms with E-state index in [9.17, 15) is 22.5 Å². The second-order valence-electron chi connectivity index (χ2n) is 22.1. The highest BCUT2D eigenvalue weighted by molar-refractivity contribution is 7.90. The van der Waals surface area contributed by atoms with Gasteiger partial charge in [-0.2, -0.15) is 0 Å². The predicted molar refractivity (Wildman–Crippen MR) is 292 cm³/mol. The number of benzene rings is 2. The first-order valence-electron chi connectivity index (χ1n) is 26.8. The van der Waals surface area contributed by atoms with Gasteiger partial charge < -0.3 is 24.4 Å². The van der Waals surface area contributed by atoms with Gasteiger partial charge in [-0.1, -0.05) is 57.9 Å². The van der Waals surface area contributed by atoms with Gasteiger partial charge in [0.15, 0.2) is 17.3 Å². The van der Waals surface area contributed by atoms with Crippen LogP contribution in [0.1, 0.15) is 128 Å². The summed E-state index contributed by atoms with van der Waals surface area (Å²) in [5.74, 6) is 1.01. The maximum absolute atomic E-state index is 15.0. The van der Waals surface area contributed by atoms with Crippen molar-refractivity contribution >= 4 is 38.9 Å². The lowest BCUT2D eigenvalue weighted by molar-refractivity contribution is -0.0628. The van der Waals surface area contributed by atoms with Gasteiger partial charge in [-0.3, -0.25) is 14.6 Å². The number of hydrogen-bond donors (Lipinski definition) is 2. The van der Waals surface area contributed by atoms with Crippen LogP contribution in [-0.4, -0.2) is 98.6 Å². The second kappa shape index (κ2) is 22.2. The molecule has 3 aliphatic carbocycles. The number of nitrogens with one attached hydrogen (secondary N) is 2. The number of ether oxygens (including phenoxy) is 3. The maximum Gasteiger partial charge on any atom is 0.268 e. The number of rotatable bonds is 17. The number of allylic oxidation sites excluding steroid dienone is 1. The molecule has 2 saturated heterocycles. The molecule has 10 rings (SSSR count). The van der Waals surface area contributed by atoms with Gasteiger partial charge in [-0.05, 0) is 127 Å². The Bertz CT molecular complexity index is 3110. The Hall–Kier alpha value is -6.50. The van der Waals surface area contributed by atoms with Crippen LogP contribution in [0.5, 0.6) is 23.3 Å². The zero-order chi connectivity index (χ0) is 53.3. The van der Waals surface area contributed by atoms with Crippen molar-refractivity contribution in [1.29, 1.82) is 0 Å². The first-order valence-corrected chi connectivity index (χ1v) is 28.3. The summed E-state index contributed by atoms with van der Waals surface area (Å²) in [6.45, 7) is 14.6. The number of nitrogens with zero attached hydrogens (tertiary/aromatic N) is 7. The molecule has 2 saturated carbocycles. The van der Waals surface area contributed by atoms with E-state index in [0.717, 1.165) is 114 Å². The van der Waals surface area contributed by atoms with E-state index in [-0.39, 0.29) is 57.9 Å². The van der Waals surface area contributed by atoms with Crippen LogP contribution in [0.15, 0.2) is 89.1 Å². The molecule has 4 fully saturated rings. The summed E-state index contributed by atoms with van der Waals surface area (Å²) in [7, 11) is -1.49. The summed E-state index contributed by atoms with van der Waals surface area (Å²) in [4.78, 5) is 46.7. The molecule has 16 nitrogen and oxygen atoms in total. The number of anilines is 2. The minimum absolute atomic E-state index is 0.0201. The summed E-state index contributed by atoms with van der Waals surface area (Å²) >= 11 is 0. The summed E-state index contributed by atoms with van der Waals surface area (Å²) in [5, 5.41) is 6.25. The van der Waals surface area contributed by atoms with Crippen LogP contribution >= 0.6 is 0 Å². The normalized spacial score (nSPS) is 20.9. The molecule has 18 heteroatoms. The van der Waals surface area contributed by atoms with Crippen molar-refractivity contribution in [2.45, 2.75) is 115 Å². The summed E-state index contributed by atoms with van der Waals surface area (Å²) in [6, 6.07) is 21.5. The van der Waals surface area contributed by atoms with Crippen LogP contribution in [0.25, 0.3) is 5.83 Å². The van der Waals surface area contributed by atoms with Crippen LogP contribution in [0.3, 0.4) is 0 Å². The first kappa shape index (κ1) is 52.9. The van der Waals surface area contributed by atoms with Gasteiger partial charge in [0, 0.05) is 99.6 Å². The summed E-state index contributed by atoms with van der Waals surface area (Å²) in [5.41, 5.74) is 6.37. The fourth-order valence-electron chi connectivity index (χ4n) is 12.3. The molecule has 0 unspecified atom stereocenters. The summed E-state index contributed by atoms with van der Waals surface area (Å²) in [6.07, 6.45) is 11.3. The molecule has 1 atom stereocenters. The Morgan fingerprint density at radius 1 is 0.934 bits per heavy atom. The van der Waals surface area contributed by atoms with Crippen molar-refractivity contribution in [3.05, 3.63) is 123 Å². The maximum atomic E-state index is 15.0. The van der Waals surface area contributed by atoms with Gasteiger partial charge in [-0.15, -0.1) is 4.91 Å². The Morgan fingerprint density at radius 3 is 2.45 bits per heavy atom. The molecule has 0 radical (unpaired) electrons. The van der Waals surface area contributed by atoms with Crippen molar-refractivity contribution in [3.63, 3.8) is 0 Å². The van der Waals surface area contributed by atoms with Gasteiger partial charge >= 0.3 is 0 Å². The Kier molecular flexibility index (Phi) is 15.5. The largest absolute Gasteiger partial charge is 0.481 e. The number of piperidine rings is 1. The third kappa shape index (κ3) is 11.3. The van der Waals surface area contributed by atoms with E-state index in [2.05, 4.69) is 96.0 Å². The van der Waals surface area contributed by atoms with Crippen molar-refractivity contribution in [3.8, 4) is 23.3 Å². The van der Waals surface area contributed by atoms with Crippen molar-refractivity contribution in [2.75, 3.05) is 63.7 Å². The van der Waals surface area contributed by atoms with Gasteiger partial charge in [0.25, 0.3) is 21.8 Å². The molecular weight excluding hydrogens is 986 g/mol. The molecule has 76 heavy (non-hydrogen) atoms. The number of aromatic nitrogens is 3. The SMILES string of the molecule is COc1cc(CN2CCN(C3CC4(CCN(c5ccc(C(=O)NS(=O)(=O)c6cnc(NC[C@H]7CC[C@@H](C)CC7)c(N=O)c6)c(Oc6cc7c(nc6OC)CC=C7F)c5)CC4)C3)[C@H](c3ccccc3C(C)C)C2)cc(C)n1. The number of hydrogen-bond acceptors (Lipinski definition) is 15. The molecule has 5 aromatic rings. The van der Waals surface area contributed by atoms with Gasteiger partial charge in [0.2, 0.25) is 5.88 Å². The molecule has 1 amide bonds. The van der Waals surface area contributed by atoms with E-state index in [1.807, 2.05) is 13.0 Å². The number of halogens is 1. The second-order valence-corrected chi connectivity index (χ2v) is 23.8. The zero-order valence-corrected chi connectivity index (χ0v) is 45.3. The molecule has 2 aliphatic heterocycles. The Balaban J connectivity index is 0.853. The third-order valence-electron chi connectivity index (χ3n) is 16.6. The molecule has 1 spiro atoms. The van der Waals surface area contributed by atoms with Crippen LogP contribution in [0.4, 0.5) is 21.6 Å². The van der Waals surface area contributed by atoms with E-state index in [4.69, 9.17) is 14.2 Å². The summed E-state index contributed by atoms with van der Waals surface area (Å²) < 4.78 is 62.4. The van der Waals surface area contributed by atoms with Gasteiger partial charge in [-0.25, -0.2) is 32.5 Å². The monoisotopic (exact) mass is 1060 g/mol. The van der Waals surface area contributed by atoms with E-state index in [0.29, 0.717) is 41.9 Å². The number of amides is 1. The van der Waals surface area contributed by atoms with E-state index in [1.54, 1.807) is 19.2 Å². The van der Waals surface area contributed by atoms with Crippen LogP contribution in [0.2, 0.25) is 0 Å². The van der Waals surface area contributed by atoms with Gasteiger partial charge in [0.1, 0.15) is 16.5 Å². The topological polar surface area (TPSA) is 181 Å². The highest BCUT2D eigenvalue weighted by Crippen LogP contribution is 2.54. The smallest absolute Gasteiger partial charge is 0.268 e. The average molecular weight is 1060 g/mol. The fraction of sp³-hybridized carbons (Fsp3) is 0.483. The molecule has 0 bridgehead atoms. The molecule has 402 valence electrons. The number of piperazine rings is 1. The number of pyridine rings is 3. The molecule has 3 aromatic heterocycles. The Labute approximate surface area is 445 Å². The van der Waals surface area contributed by atoms with Crippen LogP contribution in [-0.2, 0) is 23.0 Å². The van der Waals surface area contributed by atoms with Crippen molar-refractivity contribution < 1.29 is 31.8 Å². The number of fused-ring (bicyclic) bond motifs is 1. The average Bonchev–Trinajstić information content (AvgIpc) is 3.79. The number of carbonyl (C=O) groups excluding carboxylic acids is 1. The molecule has 2 aromatic carbocycles. The number of sulfonamides is 1. The number of carbonyl (C=O) groups is 1. The standard InChI is InChI=1S/C58H70FN9O7S/c1-36(2)44-9-7-8-10-45(44)51-35-66(34-40-25-38(4)62-54(26-40)73-5)23-24-68(51)42-30-58(31-42)19-21-67(22-20-58)41-15-16-46(52(27-41)75-53-29-47-48(59)17-18-49(47)63-57(53)74-6)56(69)65-76(71,72)43-28-50(64-70)55(61-33-43)60-32-39-13-11-37(3)12-14-39/h7-10,15-17,25-29,33,36-37,39,42,51H,11-14,18-24,30-32,34-35H2,1-6H3,(H,60,61)(H,65,69)/t37-,39+,51-/m0/s1. The van der Waals surface area contributed by atoms with Crippen LogP contribution in [0, 0.1) is 29.1 Å². The molecule has 5 aliphatic rings. The lowest BCUT2D eigenvalue weighted by Gasteiger charge is -2.58. The highest BCUT2D eigenvalue weighted by Gasteiger charge is 2.50. The minimum Gasteiger partial charge on any atom is -0.481 e. The lowest BCUT2D eigenvalue weighted by Crippen LogP contribution is -2.60. The highest BCUT2D eigenvalue weighted by atomic mass is 32.2. The zero-order valence-electron chi connectivity index (χ0n) is 44.5. The van der Waals surface area contributed by atoms with Crippen molar-refractivity contribution in [2.24, 2.45) is 22.4 Å². The minimum atomic E-state index is -4.58. The Morgan fingerprint density at radius 2 is 1.71 bits per heavy atom. The van der Waals surface area contributed by atoms with E-state index >= 15 is 0 Å². The third-order valence-corrected chi connectivity index (χ3v) is 17.9. The van der Waals surface area contributed by atoms with Crippen LogP contribution < -0.4 is 29.1 Å². The van der Waals surface area contributed by atoms with Gasteiger partial charge in [0.05, 0.1) is 25.5 Å². The molecule has 5 heterocycles. The fourth-order valence-corrected chi connectivity index (χ4v) is 13.3. The quantitative estimate of drug-likeness (QED) is 0.0840. The molecular formula is C58H70FN9O7S. The molecule has 2 N–H and O–H groups in total. The number of nitroso groups, excluding NO2 is 1.